The van der Waals surface area contributed by atoms with Crippen LogP contribution in [0.15, 0.2) is 35.7 Å². The third-order valence-electron chi connectivity index (χ3n) is 3.66. The summed E-state index contributed by atoms with van der Waals surface area (Å²) >= 11 is 0. The van der Waals surface area contributed by atoms with Gasteiger partial charge in [0.25, 0.3) is 5.91 Å². The first-order valence-corrected chi connectivity index (χ1v) is 9.56. The molecule has 26 heavy (non-hydrogen) atoms. The van der Waals surface area contributed by atoms with E-state index in [-0.39, 0.29) is 28.8 Å². The van der Waals surface area contributed by atoms with Gasteiger partial charge in [-0.05, 0) is 38.0 Å². The maximum atomic E-state index is 12.5. The number of methoxy groups -OCH3 is 1. The minimum absolute atomic E-state index is 0.00495. The molecule has 1 aliphatic rings. The number of amides is 1. The summed E-state index contributed by atoms with van der Waals surface area (Å²) in [7, 11) is -2.48. The van der Waals surface area contributed by atoms with Gasteiger partial charge in [-0.3, -0.25) is 4.79 Å². The van der Waals surface area contributed by atoms with Crippen molar-refractivity contribution in [3.8, 4) is 5.75 Å². The van der Waals surface area contributed by atoms with Crippen LogP contribution < -0.4 is 14.8 Å². The Kier molecular flexibility index (Phi) is 6.38. The van der Waals surface area contributed by atoms with Gasteiger partial charge in [-0.15, -0.1) is 6.58 Å². The smallest absolute Gasteiger partial charge is 0.338 e. The predicted octanol–water partition coefficient (Wildman–Crippen LogP) is 0.983. The Morgan fingerprint density at radius 2 is 2.08 bits per heavy atom. The standard InChI is InChI=1S/C17H22N2O6S/c1-4-9-18-16(20)11(2)25-17(21)12-5-8-14(24-3)15(10-12)26(22,23)19-13-6-7-13/h4-5,8,10-11,13,19H,1,6-7,9H2,2-3H3,(H,18,20)/t11-/m1/s1. The lowest BCUT2D eigenvalue weighted by atomic mass is 10.2. The second-order valence-electron chi connectivity index (χ2n) is 5.84. The maximum absolute atomic E-state index is 12.5. The van der Waals surface area contributed by atoms with E-state index in [9.17, 15) is 18.0 Å². The van der Waals surface area contributed by atoms with Crippen LogP contribution in [0.3, 0.4) is 0 Å². The summed E-state index contributed by atoms with van der Waals surface area (Å²) in [6, 6.07) is 3.85. The Bertz CT molecular complexity index is 801. The van der Waals surface area contributed by atoms with Gasteiger partial charge in [0, 0.05) is 12.6 Å². The van der Waals surface area contributed by atoms with Crippen molar-refractivity contribution >= 4 is 21.9 Å². The van der Waals surface area contributed by atoms with Crippen LogP contribution in [0.2, 0.25) is 0 Å². The van der Waals surface area contributed by atoms with E-state index in [4.69, 9.17) is 9.47 Å². The molecule has 0 aromatic heterocycles. The molecule has 0 aliphatic heterocycles. The van der Waals surface area contributed by atoms with Crippen LogP contribution in [0, 0.1) is 0 Å². The molecule has 1 atom stereocenters. The van der Waals surface area contributed by atoms with E-state index in [1.807, 2.05) is 0 Å². The average molecular weight is 382 g/mol. The molecular weight excluding hydrogens is 360 g/mol. The van der Waals surface area contributed by atoms with Crippen LogP contribution in [0.5, 0.6) is 5.75 Å². The Hall–Kier alpha value is -2.39. The molecule has 142 valence electrons. The van der Waals surface area contributed by atoms with Gasteiger partial charge in [0.2, 0.25) is 10.0 Å². The molecule has 0 saturated heterocycles. The number of hydrogen-bond donors (Lipinski definition) is 2. The molecule has 1 saturated carbocycles. The van der Waals surface area contributed by atoms with Crippen LogP contribution in [0.4, 0.5) is 0 Å². The van der Waals surface area contributed by atoms with Gasteiger partial charge in [0.05, 0.1) is 12.7 Å². The maximum Gasteiger partial charge on any atom is 0.338 e. The summed E-state index contributed by atoms with van der Waals surface area (Å²) in [6.07, 6.45) is 2.02. The lowest BCUT2D eigenvalue weighted by Crippen LogP contribution is -2.35. The Morgan fingerprint density at radius 1 is 1.38 bits per heavy atom. The highest BCUT2D eigenvalue weighted by Crippen LogP contribution is 2.28. The van der Waals surface area contributed by atoms with Crippen LogP contribution >= 0.6 is 0 Å². The number of sulfonamides is 1. The Balaban J connectivity index is 2.18. The molecule has 0 radical (unpaired) electrons. The molecule has 0 bridgehead atoms. The third kappa shape index (κ3) is 5.06. The molecule has 0 heterocycles. The van der Waals surface area contributed by atoms with E-state index in [0.29, 0.717) is 0 Å². The Morgan fingerprint density at radius 3 is 2.65 bits per heavy atom. The van der Waals surface area contributed by atoms with Gasteiger partial charge in [-0.1, -0.05) is 6.08 Å². The number of nitrogens with one attached hydrogen (secondary N) is 2. The lowest BCUT2D eigenvalue weighted by molar-refractivity contribution is -0.128. The van der Waals surface area contributed by atoms with E-state index < -0.39 is 28.0 Å². The number of rotatable bonds is 9. The topological polar surface area (TPSA) is 111 Å². The number of benzene rings is 1. The summed E-state index contributed by atoms with van der Waals surface area (Å²) in [5, 5.41) is 2.51. The number of carbonyl (C=O) groups is 2. The van der Waals surface area contributed by atoms with E-state index in [2.05, 4.69) is 16.6 Å². The fraction of sp³-hybridized carbons (Fsp3) is 0.412. The molecule has 9 heteroatoms. The highest BCUT2D eigenvalue weighted by atomic mass is 32.2. The molecule has 1 aromatic carbocycles. The van der Waals surface area contributed by atoms with Crippen LogP contribution in [0.1, 0.15) is 30.1 Å². The summed E-state index contributed by atoms with van der Waals surface area (Å²) in [5.74, 6) is -1.17. The fourth-order valence-corrected chi connectivity index (χ4v) is 3.60. The monoisotopic (exact) mass is 382 g/mol. The third-order valence-corrected chi connectivity index (χ3v) is 5.20. The SMILES string of the molecule is C=CCNC(=O)[C@@H](C)OC(=O)c1ccc(OC)c(S(=O)(=O)NC2CC2)c1. The summed E-state index contributed by atoms with van der Waals surface area (Å²) in [5.41, 5.74) is 0.00495. The molecule has 8 nitrogen and oxygen atoms in total. The van der Waals surface area contributed by atoms with Gasteiger partial charge >= 0.3 is 5.97 Å². The van der Waals surface area contributed by atoms with Crippen molar-refractivity contribution in [3.05, 3.63) is 36.4 Å². The molecule has 0 unspecified atom stereocenters. The summed E-state index contributed by atoms with van der Waals surface area (Å²) < 4.78 is 37.7. The highest BCUT2D eigenvalue weighted by Gasteiger charge is 2.30. The molecule has 1 amide bonds. The second-order valence-corrected chi connectivity index (χ2v) is 7.52. The molecule has 2 rings (SSSR count). The van der Waals surface area contributed by atoms with Crippen LogP contribution in [-0.4, -0.2) is 46.1 Å². The first kappa shape index (κ1) is 19.9. The van der Waals surface area contributed by atoms with Crippen LogP contribution in [0.25, 0.3) is 0 Å². The van der Waals surface area contributed by atoms with E-state index >= 15 is 0 Å². The zero-order valence-corrected chi connectivity index (χ0v) is 15.5. The van der Waals surface area contributed by atoms with E-state index in [0.717, 1.165) is 12.8 Å². The Labute approximate surface area is 152 Å². The largest absolute Gasteiger partial charge is 0.495 e. The minimum Gasteiger partial charge on any atom is -0.495 e. The van der Waals surface area contributed by atoms with Crippen molar-refractivity contribution < 1.29 is 27.5 Å². The van der Waals surface area contributed by atoms with Crippen molar-refractivity contribution in [1.82, 2.24) is 10.0 Å². The zero-order valence-electron chi connectivity index (χ0n) is 14.7. The predicted molar refractivity (Wildman–Crippen MR) is 94.4 cm³/mol. The van der Waals surface area contributed by atoms with Gasteiger partial charge < -0.3 is 14.8 Å². The van der Waals surface area contributed by atoms with E-state index in [1.54, 1.807) is 0 Å². The number of esters is 1. The average Bonchev–Trinajstić information content (AvgIpc) is 3.42. The second kappa shape index (κ2) is 8.33. The van der Waals surface area contributed by atoms with Crippen molar-refractivity contribution in [2.45, 2.75) is 36.8 Å². The molecule has 1 aliphatic carbocycles. The number of carbonyl (C=O) groups excluding carboxylic acids is 2. The highest BCUT2D eigenvalue weighted by molar-refractivity contribution is 7.89. The van der Waals surface area contributed by atoms with Gasteiger partial charge in [0.15, 0.2) is 6.10 Å². The molecule has 0 spiro atoms. The van der Waals surface area contributed by atoms with Crippen LogP contribution in [-0.2, 0) is 19.6 Å². The van der Waals surface area contributed by atoms with Crippen molar-refractivity contribution in [2.24, 2.45) is 0 Å². The van der Waals surface area contributed by atoms with Crippen molar-refractivity contribution in [1.29, 1.82) is 0 Å². The van der Waals surface area contributed by atoms with Crippen molar-refractivity contribution in [3.63, 3.8) is 0 Å². The van der Waals surface area contributed by atoms with Crippen molar-refractivity contribution in [2.75, 3.05) is 13.7 Å². The molecular formula is C17H22N2O6S. The first-order chi connectivity index (χ1) is 12.3. The molecule has 2 N–H and O–H groups in total. The zero-order chi connectivity index (χ0) is 19.3. The van der Waals surface area contributed by atoms with Gasteiger partial charge in [-0.2, -0.15) is 0 Å². The molecule has 1 aromatic rings. The van der Waals surface area contributed by atoms with Gasteiger partial charge in [-0.25, -0.2) is 17.9 Å². The first-order valence-electron chi connectivity index (χ1n) is 8.08. The quantitative estimate of drug-likeness (QED) is 0.487. The van der Waals surface area contributed by atoms with Gasteiger partial charge in [0.1, 0.15) is 10.6 Å². The summed E-state index contributed by atoms with van der Waals surface area (Å²) in [4.78, 5) is 23.9. The number of ether oxygens (including phenoxy) is 2. The molecule has 1 fully saturated rings. The fourth-order valence-electron chi connectivity index (χ4n) is 2.10. The number of hydrogen-bond acceptors (Lipinski definition) is 6. The normalized spacial score (nSPS) is 15.0. The summed E-state index contributed by atoms with van der Waals surface area (Å²) in [6.45, 7) is 5.15. The lowest BCUT2D eigenvalue weighted by Gasteiger charge is -2.14. The minimum atomic E-state index is -3.83. The van der Waals surface area contributed by atoms with E-state index in [1.165, 1.54) is 38.3 Å².